The molecule has 2 heterocycles. The molecule has 3 amide bonds. The molecule has 2 aromatic rings. The van der Waals surface area contributed by atoms with Gasteiger partial charge in [0.1, 0.15) is 17.4 Å². The van der Waals surface area contributed by atoms with Crippen LogP contribution in [0.3, 0.4) is 0 Å². The van der Waals surface area contributed by atoms with E-state index in [9.17, 15) is 31.5 Å². The molecule has 188 valence electrons. The number of ether oxygens (including phenoxy) is 3. The van der Waals surface area contributed by atoms with Crippen molar-refractivity contribution in [3.63, 3.8) is 0 Å². The van der Waals surface area contributed by atoms with Gasteiger partial charge in [-0.3, -0.25) is 4.79 Å². The van der Waals surface area contributed by atoms with E-state index in [1.807, 2.05) is 0 Å². The van der Waals surface area contributed by atoms with Gasteiger partial charge in [-0.25, -0.2) is 13.6 Å². The van der Waals surface area contributed by atoms with Gasteiger partial charge in [0.15, 0.2) is 0 Å². The number of carbonyl (C=O) groups is 2. The highest BCUT2D eigenvalue weighted by Gasteiger charge is 2.44. The first kappa shape index (κ1) is 24.7. The summed E-state index contributed by atoms with van der Waals surface area (Å²) in [6.07, 6.45) is -4.85. The number of morpholine rings is 2. The summed E-state index contributed by atoms with van der Waals surface area (Å²) >= 11 is 0. The number of halogens is 5. The van der Waals surface area contributed by atoms with E-state index in [-0.39, 0.29) is 50.6 Å². The third kappa shape index (κ3) is 5.98. The van der Waals surface area contributed by atoms with Crippen LogP contribution in [0.1, 0.15) is 10.4 Å². The average molecular weight is 501 g/mol. The predicted molar refractivity (Wildman–Crippen MR) is 111 cm³/mol. The third-order valence-electron chi connectivity index (χ3n) is 5.40. The summed E-state index contributed by atoms with van der Waals surface area (Å²) < 4.78 is 79.4. The molecule has 1 atom stereocenters. The highest BCUT2D eigenvalue weighted by Crippen LogP contribution is 2.28. The Kier molecular flexibility index (Phi) is 6.81. The number of benzene rings is 2. The van der Waals surface area contributed by atoms with Crippen LogP contribution in [-0.2, 0) is 9.47 Å². The van der Waals surface area contributed by atoms with E-state index in [1.165, 1.54) is 21.9 Å². The number of nitrogens with one attached hydrogen (secondary N) is 1. The Morgan fingerprint density at radius 2 is 1.57 bits per heavy atom. The van der Waals surface area contributed by atoms with Crippen molar-refractivity contribution in [2.24, 2.45) is 0 Å². The summed E-state index contributed by atoms with van der Waals surface area (Å²) in [5.41, 5.74) is -0.0648. The van der Waals surface area contributed by atoms with Gasteiger partial charge >= 0.3 is 12.4 Å². The summed E-state index contributed by atoms with van der Waals surface area (Å²) in [4.78, 5) is 28.3. The van der Waals surface area contributed by atoms with Crippen molar-refractivity contribution in [2.45, 2.75) is 12.1 Å². The Balaban J connectivity index is 1.41. The van der Waals surface area contributed by atoms with Crippen LogP contribution in [0.15, 0.2) is 42.5 Å². The molecular formula is C22H20F5N3O5. The number of hydrogen-bond donors (Lipinski definition) is 1. The van der Waals surface area contributed by atoms with Gasteiger partial charge in [0.05, 0.1) is 32.0 Å². The van der Waals surface area contributed by atoms with Gasteiger partial charge < -0.3 is 29.3 Å². The molecular weight excluding hydrogens is 481 g/mol. The van der Waals surface area contributed by atoms with Gasteiger partial charge in [-0.2, -0.15) is 0 Å². The van der Waals surface area contributed by atoms with Crippen molar-refractivity contribution >= 4 is 17.6 Å². The van der Waals surface area contributed by atoms with Crippen LogP contribution in [0.25, 0.3) is 0 Å². The van der Waals surface area contributed by atoms with Gasteiger partial charge in [0.25, 0.3) is 5.91 Å². The number of alkyl halides is 3. The second-order valence-electron chi connectivity index (χ2n) is 7.88. The molecule has 0 saturated carbocycles. The number of anilines is 1. The summed E-state index contributed by atoms with van der Waals surface area (Å²) in [5.74, 6) is -3.98. The molecule has 2 aliphatic rings. The minimum absolute atomic E-state index is 0.0542. The van der Waals surface area contributed by atoms with E-state index in [0.29, 0.717) is 6.07 Å². The van der Waals surface area contributed by atoms with E-state index in [1.54, 1.807) is 0 Å². The number of rotatable bonds is 3. The molecule has 2 aliphatic heterocycles. The van der Waals surface area contributed by atoms with Crippen molar-refractivity contribution in [1.29, 1.82) is 0 Å². The maximum Gasteiger partial charge on any atom is 0.573 e. The fourth-order valence-corrected chi connectivity index (χ4v) is 3.81. The smallest absolute Gasteiger partial charge is 0.406 e. The van der Waals surface area contributed by atoms with Crippen LogP contribution in [0.4, 0.5) is 32.4 Å². The van der Waals surface area contributed by atoms with E-state index in [2.05, 4.69) is 10.1 Å². The topological polar surface area (TPSA) is 80.3 Å². The van der Waals surface area contributed by atoms with Gasteiger partial charge in [0, 0.05) is 24.7 Å². The van der Waals surface area contributed by atoms with Crippen molar-refractivity contribution in [2.75, 3.05) is 44.7 Å². The standard InChI is InChI=1S/C22H20F5N3O5/c23-15-3-6-18(17(24)11-15)28-20(32)30-8-10-34-21(13-30)12-29(7-9-33-21)19(31)14-1-4-16(5-2-14)35-22(25,26)27/h1-6,11H,7-10,12-13H2,(H,28,32). The summed E-state index contributed by atoms with van der Waals surface area (Å²) in [6.45, 7) is 0.380. The van der Waals surface area contributed by atoms with E-state index >= 15 is 0 Å². The highest BCUT2D eigenvalue weighted by molar-refractivity contribution is 5.94. The maximum absolute atomic E-state index is 13.9. The molecule has 2 saturated heterocycles. The number of hydrogen-bond acceptors (Lipinski definition) is 5. The predicted octanol–water partition coefficient (Wildman–Crippen LogP) is 3.60. The van der Waals surface area contributed by atoms with Crippen LogP contribution >= 0.6 is 0 Å². The van der Waals surface area contributed by atoms with Crippen molar-refractivity contribution in [3.8, 4) is 5.75 Å². The lowest BCUT2D eigenvalue weighted by Crippen LogP contribution is -2.64. The Morgan fingerprint density at radius 3 is 2.20 bits per heavy atom. The molecule has 35 heavy (non-hydrogen) atoms. The normalized spacial score (nSPS) is 20.6. The fourth-order valence-electron chi connectivity index (χ4n) is 3.81. The molecule has 0 aromatic heterocycles. The Bertz CT molecular complexity index is 1090. The fraction of sp³-hybridized carbons (Fsp3) is 0.364. The number of carbonyl (C=O) groups excluding carboxylic acids is 2. The van der Waals surface area contributed by atoms with Gasteiger partial charge in [-0.05, 0) is 36.4 Å². The SMILES string of the molecule is O=C(Nc1ccc(F)cc1F)N1CCOC2(C1)CN(C(=O)c1ccc(OC(F)(F)F)cc1)CCO2. The molecule has 0 radical (unpaired) electrons. The van der Waals surface area contributed by atoms with Crippen molar-refractivity contribution in [3.05, 3.63) is 59.7 Å². The molecule has 1 spiro atoms. The van der Waals surface area contributed by atoms with E-state index in [0.717, 1.165) is 24.3 Å². The molecule has 0 aliphatic carbocycles. The van der Waals surface area contributed by atoms with E-state index in [4.69, 9.17) is 9.47 Å². The van der Waals surface area contributed by atoms with Crippen LogP contribution in [0.2, 0.25) is 0 Å². The Hall–Kier alpha value is -3.45. The minimum Gasteiger partial charge on any atom is -0.406 e. The number of urea groups is 1. The largest absolute Gasteiger partial charge is 0.573 e. The van der Waals surface area contributed by atoms with Crippen molar-refractivity contribution < 1.29 is 45.8 Å². The lowest BCUT2D eigenvalue weighted by molar-refractivity contribution is -0.281. The lowest BCUT2D eigenvalue weighted by Gasteiger charge is -2.47. The van der Waals surface area contributed by atoms with Crippen molar-refractivity contribution in [1.82, 2.24) is 9.80 Å². The summed E-state index contributed by atoms with van der Waals surface area (Å²) in [5, 5.41) is 2.37. The van der Waals surface area contributed by atoms with Gasteiger partial charge in [-0.1, -0.05) is 0 Å². The van der Waals surface area contributed by atoms with Crippen LogP contribution in [0, 0.1) is 11.6 Å². The maximum atomic E-state index is 13.9. The molecule has 4 rings (SSSR count). The summed E-state index contributed by atoms with van der Waals surface area (Å²) in [7, 11) is 0. The summed E-state index contributed by atoms with van der Waals surface area (Å²) in [6, 6.07) is 6.59. The van der Waals surface area contributed by atoms with Gasteiger partial charge in [-0.15, -0.1) is 13.2 Å². The Labute approximate surface area is 196 Å². The van der Waals surface area contributed by atoms with Crippen LogP contribution in [-0.4, -0.2) is 73.3 Å². The third-order valence-corrected chi connectivity index (χ3v) is 5.40. The highest BCUT2D eigenvalue weighted by atomic mass is 19.4. The van der Waals surface area contributed by atoms with Crippen LogP contribution < -0.4 is 10.1 Å². The first-order chi connectivity index (χ1) is 16.5. The zero-order chi connectivity index (χ0) is 25.2. The van der Waals surface area contributed by atoms with Gasteiger partial charge in [0.2, 0.25) is 5.79 Å². The minimum atomic E-state index is -4.85. The zero-order valence-corrected chi connectivity index (χ0v) is 18.1. The Morgan fingerprint density at radius 1 is 0.943 bits per heavy atom. The zero-order valence-electron chi connectivity index (χ0n) is 18.1. The molecule has 0 bridgehead atoms. The number of amides is 3. The first-order valence-corrected chi connectivity index (χ1v) is 10.5. The molecule has 1 unspecified atom stereocenters. The van der Waals surface area contributed by atoms with E-state index < -0.39 is 41.5 Å². The molecule has 1 N–H and O–H groups in total. The molecule has 2 fully saturated rings. The monoisotopic (exact) mass is 501 g/mol. The van der Waals surface area contributed by atoms with Crippen LogP contribution in [0.5, 0.6) is 5.75 Å². The first-order valence-electron chi connectivity index (χ1n) is 10.5. The number of nitrogens with zero attached hydrogens (tertiary/aromatic N) is 2. The quantitative estimate of drug-likeness (QED) is 0.651. The molecule has 2 aromatic carbocycles. The second kappa shape index (κ2) is 9.66. The average Bonchev–Trinajstić information content (AvgIpc) is 2.80. The molecule has 8 nitrogen and oxygen atoms in total. The lowest BCUT2D eigenvalue weighted by atomic mass is 10.1. The second-order valence-corrected chi connectivity index (χ2v) is 7.88. The molecule has 13 heteroatoms.